The minimum absolute atomic E-state index is 0.259. The molecule has 0 spiro atoms. The number of rotatable bonds is 8. The molecule has 0 fully saturated rings. The van der Waals surface area contributed by atoms with Gasteiger partial charge >= 0.3 is 11.9 Å². The van der Waals surface area contributed by atoms with Crippen LogP contribution in [0.4, 0.5) is 0 Å². The molecule has 17 heavy (non-hydrogen) atoms. The summed E-state index contributed by atoms with van der Waals surface area (Å²) in [6.07, 6.45) is 1.07. The van der Waals surface area contributed by atoms with Gasteiger partial charge in [0.1, 0.15) is 24.4 Å². The summed E-state index contributed by atoms with van der Waals surface area (Å²) < 4.78 is 4.36. The summed E-state index contributed by atoms with van der Waals surface area (Å²) in [6.45, 7) is 3.63. The predicted octanol–water partition coefficient (Wildman–Crippen LogP) is 1.57. The van der Waals surface area contributed by atoms with E-state index in [4.69, 9.17) is 0 Å². The average Bonchev–Trinajstić information content (AvgIpc) is 2.16. The van der Waals surface area contributed by atoms with Gasteiger partial charge in [0.15, 0.2) is 0 Å². The lowest BCUT2D eigenvalue weighted by Gasteiger charge is -2.01. The summed E-state index contributed by atoms with van der Waals surface area (Å²) in [6, 6.07) is 0. The number of esters is 2. The van der Waals surface area contributed by atoms with E-state index in [0.717, 1.165) is 0 Å². The van der Waals surface area contributed by atoms with Gasteiger partial charge in [0.05, 0.1) is 0 Å². The molecule has 0 N–H and O–H groups in total. The summed E-state index contributed by atoms with van der Waals surface area (Å²) >= 11 is 0. The third kappa shape index (κ3) is 8.30. The highest BCUT2D eigenvalue weighted by Crippen LogP contribution is 2.00. The maximum Gasteiger partial charge on any atom is 0.320 e. The van der Waals surface area contributed by atoms with Crippen molar-refractivity contribution >= 4 is 23.5 Å². The van der Waals surface area contributed by atoms with Crippen LogP contribution in [-0.4, -0.2) is 23.5 Å². The van der Waals surface area contributed by atoms with Crippen LogP contribution in [0, 0.1) is 0 Å². The van der Waals surface area contributed by atoms with E-state index in [1.807, 2.05) is 13.8 Å². The molecule has 0 aromatic carbocycles. The second-order valence-electron chi connectivity index (χ2n) is 3.78. The van der Waals surface area contributed by atoms with Crippen molar-refractivity contribution in [1.29, 1.82) is 0 Å². The molecule has 0 saturated heterocycles. The molecule has 0 atom stereocenters. The summed E-state index contributed by atoms with van der Waals surface area (Å²) in [5.74, 6) is -2.27. The van der Waals surface area contributed by atoms with Gasteiger partial charge in [-0.1, -0.05) is 13.8 Å². The van der Waals surface area contributed by atoms with Crippen molar-refractivity contribution in [3.63, 3.8) is 0 Å². The van der Waals surface area contributed by atoms with Gasteiger partial charge in [0.25, 0.3) is 0 Å². The fraction of sp³-hybridized carbons (Fsp3) is 0.667. The van der Waals surface area contributed by atoms with Crippen LogP contribution in [0.25, 0.3) is 0 Å². The molecule has 0 heterocycles. The number of carbonyl (C=O) groups excluding carboxylic acids is 4. The van der Waals surface area contributed by atoms with Gasteiger partial charge in [-0.3, -0.25) is 19.2 Å². The monoisotopic (exact) mass is 242 g/mol. The minimum Gasteiger partial charge on any atom is -0.392 e. The van der Waals surface area contributed by atoms with E-state index in [2.05, 4.69) is 4.74 Å². The Hall–Kier alpha value is -1.52. The maximum absolute atomic E-state index is 11.1. The quantitative estimate of drug-likeness (QED) is 0.477. The van der Waals surface area contributed by atoms with E-state index in [9.17, 15) is 19.2 Å². The van der Waals surface area contributed by atoms with Gasteiger partial charge in [0.2, 0.25) is 0 Å². The Morgan fingerprint density at radius 3 is 1.41 bits per heavy atom. The number of Topliss-reactive ketones (excluding diaryl/α,β-unsaturated/α-hetero) is 2. The van der Waals surface area contributed by atoms with Crippen molar-refractivity contribution in [3.8, 4) is 0 Å². The van der Waals surface area contributed by atoms with Gasteiger partial charge in [-0.05, 0) is 12.8 Å². The normalized spacial score (nSPS) is 9.76. The second-order valence-corrected chi connectivity index (χ2v) is 3.78. The van der Waals surface area contributed by atoms with Crippen LogP contribution in [0.15, 0.2) is 0 Å². The van der Waals surface area contributed by atoms with Gasteiger partial charge in [-0.25, -0.2) is 0 Å². The molecule has 0 aliphatic heterocycles. The third-order valence-electron chi connectivity index (χ3n) is 1.97. The molecule has 0 aromatic heterocycles. The first-order valence-electron chi connectivity index (χ1n) is 5.76. The summed E-state index contributed by atoms with van der Waals surface area (Å²) in [4.78, 5) is 44.4. The number of hydrogen-bond acceptors (Lipinski definition) is 5. The number of ketones is 2. The molecule has 96 valence electrons. The molecule has 5 nitrogen and oxygen atoms in total. The van der Waals surface area contributed by atoms with Crippen molar-refractivity contribution in [3.05, 3.63) is 0 Å². The molecule has 5 heteroatoms. The third-order valence-corrected chi connectivity index (χ3v) is 1.97. The number of hydrogen-bond donors (Lipinski definition) is 0. The van der Waals surface area contributed by atoms with Crippen LogP contribution in [0.1, 0.15) is 52.4 Å². The minimum atomic E-state index is -0.877. The second kappa shape index (κ2) is 8.61. The largest absolute Gasteiger partial charge is 0.392 e. The van der Waals surface area contributed by atoms with Gasteiger partial charge in [-0.15, -0.1) is 0 Å². The summed E-state index contributed by atoms with van der Waals surface area (Å²) in [5.41, 5.74) is 0. The smallest absolute Gasteiger partial charge is 0.320 e. The predicted molar refractivity (Wildman–Crippen MR) is 60.2 cm³/mol. The standard InChI is InChI=1S/C12H18O5/c1-3-5-9(13)7-11(15)17-12(16)8-10(14)6-4-2/h3-8H2,1-2H3. The molecule has 0 amide bonds. The first kappa shape index (κ1) is 15.5. The lowest BCUT2D eigenvalue weighted by atomic mass is 10.2. The van der Waals surface area contributed by atoms with Gasteiger partial charge in [-0.2, -0.15) is 0 Å². The zero-order valence-corrected chi connectivity index (χ0v) is 10.3. The van der Waals surface area contributed by atoms with Crippen LogP contribution < -0.4 is 0 Å². The van der Waals surface area contributed by atoms with Crippen LogP contribution in [-0.2, 0) is 23.9 Å². The Balaban J connectivity index is 3.92. The molecule has 0 aromatic rings. The van der Waals surface area contributed by atoms with Gasteiger partial charge in [0, 0.05) is 12.8 Å². The average molecular weight is 242 g/mol. The van der Waals surface area contributed by atoms with E-state index in [1.54, 1.807) is 0 Å². The fourth-order valence-electron chi connectivity index (χ4n) is 1.26. The zero-order chi connectivity index (χ0) is 13.3. The lowest BCUT2D eigenvalue weighted by molar-refractivity contribution is -0.160. The summed E-state index contributed by atoms with van der Waals surface area (Å²) in [7, 11) is 0. The highest BCUT2D eigenvalue weighted by atomic mass is 16.6. The Kier molecular flexibility index (Phi) is 7.84. The molecule has 0 rings (SSSR count). The Morgan fingerprint density at radius 1 is 0.765 bits per heavy atom. The summed E-state index contributed by atoms with van der Waals surface area (Å²) in [5, 5.41) is 0. The number of carbonyl (C=O) groups is 4. The Labute approximate surface area is 101 Å². The fourth-order valence-corrected chi connectivity index (χ4v) is 1.26. The highest BCUT2D eigenvalue weighted by molar-refractivity contribution is 6.03. The molecular formula is C12H18O5. The van der Waals surface area contributed by atoms with E-state index in [0.29, 0.717) is 12.8 Å². The first-order chi connectivity index (χ1) is 7.99. The SMILES string of the molecule is CCCC(=O)CC(=O)OC(=O)CC(=O)CCC. The molecule has 0 radical (unpaired) electrons. The molecule has 0 unspecified atom stereocenters. The van der Waals surface area contributed by atoms with Crippen molar-refractivity contribution in [2.75, 3.05) is 0 Å². The maximum atomic E-state index is 11.1. The van der Waals surface area contributed by atoms with E-state index < -0.39 is 24.8 Å². The van der Waals surface area contributed by atoms with Gasteiger partial charge < -0.3 is 4.74 Å². The van der Waals surface area contributed by atoms with E-state index in [1.165, 1.54) is 0 Å². The zero-order valence-electron chi connectivity index (χ0n) is 10.3. The van der Waals surface area contributed by atoms with E-state index in [-0.39, 0.29) is 24.4 Å². The number of ether oxygens (including phenoxy) is 1. The van der Waals surface area contributed by atoms with Crippen molar-refractivity contribution in [2.24, 2.45) is 0 Å². The van der Waals surface area contributed by atoms with Crippen molar-refractivity contribution < 1.29 is 23.9 Å². The van der Waals surface area contributed by atoms with Crippen molar-refractivity contribution in [1.82, 2.24) is 0 Å². The first-order valence-corrected chi connectivity index (χ1v) is 5.76. The van der Waals surface area contributed by atoms with Crippen LogP contribution >= 0.6 is 0 Å². The Bertz CT molecular complexity index is 276. The van der Waals surface area contributed by atoms with Crippen molar-refractivity contribution in [2.45, 2.75) is 52.4 Å². The highest BCUT2D eigenvalue weighted by Gasteiger charge is 2.16. The van der Waals surface area contributed by atoms with E-state index >= 15 is 0 Å². The van der Waals surface area contributed by atoms with Crippen LogP contribution in [0.2, 0.25) is 0 Å². The topological polar surface area (TPSA) is 77.5 Å². The lowest BCUT2D eigenvalue weighted by Crippen LogP contribution is -2.18. The molecule has 0 saturated carbocycles. The Morgan fingerprint density at radius 2 is 1.12 bits per heavy atom. The molecular weight excluding hydrogens is 224 g/mol. The molecule has 0 aliphatic rings. The molecule has 0 aliphatic carbocycles. The van der Waals surface area contributed by atoms with Crippen LogP contribution in [0.5, 0.6) is 0 Å². The molecule has 0 bridgehead atoms. The van der Waals surface area contributed by atoms with Crippen LogP contribution in [0.3, 0.4) is 0 Å².